The number of carbonyl (C=O) groups excluding carboxylic acids is 2. The second-order valence-corrected chi connectivity index (χ2v) is 14.2. The summed E-state index contributed by atoms with van der Waals surface area (Å²) in [5.74, 6) is 0.591. The highest BCUT2D eigenvalue weighted by Crippen LogP contribution is 2.15. The van der Waals surface area contributed by atoms with Crippen molar-refractivity contribution < 1.29 is 27.1 Å². The number of nitrogens with zero attached hydrogens (tertiary/aromatic N) is 2. The Morgan fingerprint density at radius 3 is 1.31 bits per heavy atom. The molecule has 8 nitrogen and oxygen atoms in total. The molecule has 280 valence electrons. The van der Waals surface area contributed by atoms with E-state index in [1.54, 1.807) is 4.90 Å². The van der Waals surface area contributed by atoms with Crippen LogP contribution in [0.25, 0.3) is 0 Å². The maximum absolute atomic E-state index is 12.8. The zero-order valence-electron chi connectivity index (χ0n) is 30.9. The highest BCUT2D eigenvalue weighted by molar-refractivity contribution is 7.79. The number of carbonyl (C=O) groups is 2. The molecule has 0 bridgehead atoms. The molecular weight excluding hydrogens is 625 g/mol. The molecule has 1 heterocycles. The molecule has 2 N–H and O–H groups in total. The van der Waals surface area contributed by atoms with E-state index in [0.29, 0.717) is 31.8 Å². The fraction of sp³-hybridized carbons (Fsp3) is 0.821. The molecule has 1 amide bonds. The summed E-state index contributed by atoms with van der Waals surface area (Å²) < 4.78 is 31.6. The molecule has 1 aliphatic heterocycles. The summed E-state index contributed by atoms with van der Waals surface area (Å²) in [6.45, 7) is 5.70. The summed E-state index contributed by atoms with van der Waals surface area (Å²) in [5, 5.41) is 0. The standard InChI is InChI=1S/C39H70N2O2.H2O4S/c1-3-5-7-9-11-13-15-17-19-21-23-25-27-29-31-33-37(42)39-40-35-36-41(39)38(43)34-32-30-28-26-24-22-20-18-16-14-12-10-8-6-4-2;1-5(2,3)4/h17-20H,3-16,21-36H2,1-2H3;(H2,1,2,3,4). The molecule has 0 aromatic rings. The lowest BCUT2D eigenvalue weighted by atomic mass is 10.1. The highest BCUT2D eigenvalue weighted by atomic mass is 32.3. The third-order valence-electron chi connectivity index (χ3n) is 8.71. The first-order chi connectivity index (χ1) is 23.2. The SMILES string of the molecule is CCCCCCCCC=CCCCCCCCC(=O)C1=NCCN1C(=O)CCCCCCCC=CCCCCCCCC.O=S(=O)(O)O. The molecule has 0 saturated heterocycles. The predicted molar refractivity (Wildman–Crippen MR) is 202 cm³/mol. The van der Waals surface area contributed by atoms with Gasteiger partial charge in [0.1, 0.15) is 0 Å². The average molecular weight is 697 g/mol. The fourth-order valence-corrected chi connectivity index (χ4v) is 5.88. The zero-order valence-corrected chi connectivity index (χ0v) is 31.7. The fourth-order valence-electron chi connectivity index (χ4n) is 5.88. The van der Waals surface area contributed by atoms with Crippen molar-refractivity contribution in [2.75, 3.05) is 13.1 Å². The van der Waals surface area contributed by atoms with Crippen LogP contribution in [-0.4, -0.2) is 53.0 Å². The quantitative estimate of drug-likeness (QED) is 0.0422. The van der Waals surface area contributed by atoms with Gasteiger partial charge in [0.25, 0.3) is 0 Å². The number of rotatable bonds is 31. The van der Waals surface area contributed by atoms with Crippen LogP contribution in [0.3, 0.4) is 0 Å². The molecule has 0 aromatic carbocycles. The minimum Gasteiger partial charge on any atom is -0.292 e. The molecule has 0 aromatic heterocycles. The molecule has 9 heteroatoms. The minimum atomic E-state index is -4.67. The van der Waals surface area contributed by atoms with Crippen LogP contribution in [0.4, 0.5) is 0 Å². The van der Waals surface area contributed by atoms with Gasteiger partial charge in [0.15, 0.2) is 11.6 Å². The monoisotopic (exact) mass is 697 g/mol. The van der Waals surface area contributed by atoms with Gasteiger partial charge in [-0.25, -0.2) is 0 Å². The summed E-state index contributed by atoms with van der Waals surface area (Å²) >= 11 is 0. The molecule has 0 spiro atoms. The van der Waals surface area contributed by atoms with Crippen LogP contribution in [0.15, 0.2) is 29.3 Å². The number of hydrogen-bond acceptors (Lipinski definition) is 5. The Morgan fingerprint density at radius 2 is 0.917 bits per heavy atom. The van der Waals surface area contributed by atoms with Gasteiger partial charge in [0.05, 0.1) is 6.54 Å². The van der Waals surface area contributed by atoms with E-state index in [9.17, 15) is 9.59 Å². The lowest BCUT2D eigenvalue weighted by Gasteiger charge is -2.17. The Bertz CT molecular complexity index is 969. The number of ketones is 1. The van der Waals surface area contributed by atoms with E-state index in [1.807, 2.05) is 0 Å². The Morgan fingerprint density at radius 1 is 0.583 bits per heavy atom. The van der Waals surface area contributed by atoms with Gasteiger partial charge in [-0.1, -0.05) is 141 Å². The molecule has 1 rings (SSSR count). The topological polar surface area (TPSA) is 124 Å². The van der Waals surface area contributed by atoms with Gasteiger partial charge in [0, 0.05) is 19.4 Å². The first-order valence-corrected chi connectivity index (χ1v) is 21.0. The van der Waals surface area contributed by atoms with Crippen molar-refractivity contribution in [1.82, 2.24) is 4.90 Å². The summed E-state index contributed by atoms with van der Waals surface area (Å²) in [4.78, 5) is 31.6. The van der Waals surface area contributed by atoms with E-state index in [2.05, 4.69) is 43.1 Å². The van der Waals surface area contributed by atoms with Crippen molar-refractivity contribution in [2.24, 2.45) is 4.99 Å². The van der Waals surface area contributed by atoms with Crippen LogP contribution < -0.4 is 0 Å². The van der Waals surface area contributed by atoms with E-state index < -0.39 is 10.4 Å². The molecule has 0 fully saturated rings. The maximum Gasteiger partial charge on any atom is 0.394 e. The summed E-state index contributed by atoms with van der Waals surface area (Å²) in [7, 11) is -4.67. The number of Topliss-reactive ketones (excluding diaryl/α,β-unsaturated/α-hetero) is 1. The van der Waals surface area contributed by atoms with E-state index in [-0.39, 0.29) is 11.7 Å². The van der Waals surface area contributed by atoms with Crippen molar-refractivity contribution in [3.63, 3.8) is 0 Å². The van der Waals surface area contributed by atoms with Crippen LogP contribution in [0.5, 0.6) is 0 Å². The van der Waals surface area contributed by atoms with Gasteiger partial charge < -0.3 is 0 Å². The number of amidine groups is 1. The second-order valence-electron chi connectivity index (χ2n) is 13.3. The van der Waals surface area contributed by atoms with Crippen LogP contribution >= 0.6 is 0 Å². The molecule has 0 unspecified atom stereocenters. The van der Waals surface area contributed by atoms with Crippen molar-refractivity contribution in [2.45, 2.75) is 194 Å². The first kappa shape index (κ1) is 46.2. The van der Waals surface area contributed by atoms with Crippen LogP contribution in [0.1, 0.15) is 194 Å². The molecule has 48 heavy (non-hydrogen) atoms. The van der Waals surface area contributed by atoms with Crippen molar-refractivity contribution >= 4 is 27.9 Å². The normalized spacial score (nSPS) is 13.3. The van der Waals surface area contributed by atoms with Crippen LogP contribution in [-0.2, 0) is 20.0 Å². The third-order valence-corrected chi connectivity index (χ3v) is 8.71. The van der Waals surface area contributed by atoms with E-state index in [0.717, 1.165) is 25.7 Å². The third kappa shape index (κ3) is 32.7. The second kappa shape index (κ2) is 33.6. The number of aliphatic imine (C=N–C) groups is 1. The molecule has 0 radical (unpaired) electrons. The van der Waals surface area contributed by atoms with Gasteiger partial charge in [-0.3, -0.25) is 28.6 Å². The van der Waals surface area contributed by atoms with Gasteiger partial charge in [-0.15, -0.1) is 0 Å². The molecular formula is C39H72N2O6S. The van der Waals surface area contributed by atoms with E-state index >= 15 is 0 Å². The van der Waals surface area contributed by atoms with Gasteiger partial charge in [0.2, 0.25) is 5.91 Å². The highest BCUT2D eigenvalue weighted by Gasteiger charge is 2.27. The molecule has 0 atom stereocenters. The van der Waals surface area contributed by atoms with Crippen molar-refractivity contribution in [3.05, 3.63) is 24.3 Å². The Balaban J connectivity index is 0.00000409. The molecule has 1 aliphatic rings. The zero-order chi connectivity index (χ0) is 35.6. The van der Waals surface area contributed by atoms with Gasteiger partial charge >= 0.3 is 10.4 Å². The van der Waals surface area contributed by atoms with E-state index in [1.165, 1.54) is 141 Å². The lowest BCUT2D eigenvalue weighted by molar-refractivity contribution is -0.128. The number of hydrogen-bond donors (Lipinski definition) is 2. The smallest absolute Gasteiger partial charge is 0.292 e. The van der Waals surface area contributed by atoms with Crippen molar-refractivity contribution in [3.8, 4) is 0 Å². The van der Waals surface area contributed by atoms with Gasteiger partial charge in [-0.2, -0.15) is 8.42 Å². The largest absolute Gasteiger partial charge is 0.394 e. The summed E-state index contributed by atoms with van der Waals surface area (Å²) in [6, 6.07) is 0. The number of amides is 1. The lowest BCUT2D eigenvalue weighted by Crippen LogP contribution is -2.38. The van der Waals surface area contributed by atoms with Crippen LogP contribution in [0, 0.1) is 0 Å². The summed E-state index contributed by atoms with van der Waals surface area (Å²) in [5.41, 5.74) is 0. The Kier molecular flexibility index (Phi) is 32.4. The molecule has 0 aliphatic carbocycles. The maximum atomic E-state index is 12.8. The van der Waals surface area contributed by atoms with Crippen molar-refractivity contribution in [1.29, 1.82) is 0 Å². The Labute approximate surface area is 295 Å². The molecule has 0 saturated carbocycles. The Hall–Kier alpha value is -1.84. The number of unbranched alkanes of at least 4 members (excludes halogenated alkanes) is 22. The minimum absolute atomic E-state index is 0.0630. The predicted octanol–water partition coefficient (Wildman–Crippen LogP) is 11.2. The summed E-state index contributed by atoms with van der Waals surface area (Å²) in [6.07, 6.45) is 43.1. The average Bonchev–Trinajstić information content (AvgIpc) is 3.54. The number of allylic oxidation sites excluding steroid dienone is 4. The van der Waals surface area contributed by atoms with Crippen LogP contribution in [0.2, 0.25) is 0 Å². The van der Waals surface area contributed by atoms with E-state index in [4.69, 9.17) is 17.5 Å². The first-order valence-electron chi connectivity index (χ1n) is 19.6. The van der Waals surface area contributed by atoms with Gasteiger partial charge in [-0.05, 0) is 64.2 Å².